The van der Waals surface area contributed by atoms with Crippen LogP contribution in [-0.2, 0) is 0 Å². The Labute approximate surface area is 125 Å². The lowest BCUT2D eigenvalue weighted by molar-refractivity contribution is 0.0786. The molecule has 1 fully saturated rings. The first-order valence-corrected chi connectivity index (χ1v) is 7.72. The molecule has 2 heterocycles. The Hall–Kier alpha value is -1.29. The Morgan fingerprint density at radius 2 is 2.30 bits per heavy atom. The van der Waals surface area contributed by atoms with Gasteiger partial charge in [-0.2, -0.15) is 0 Å². The van der Waals surface area contributed by atoms with Crippen molar-refractivity contribution in [2.75, 3.05) is 25.0 Å². The quantitative estimate of drug-likeness (QED) is 0.847. The molecule has 1 atom stereocenters. The predicted octanol–water partition coefficient (Wildman–Crippen LogP) is 3.43. The van der Waals surface area contributed by atoms with Gasteiger partial charge in [0, 0.05) is 25.2 Å². The number of nitrogens with zero attached hydrogens (tertiary/aromatic N) is 2. The second-order valence-electron chi connectivity index (χ2n) is 5.29. The predicted molar refractivity (Wildman–Crippen MR) is 82.3 cm³/mol. The van der Waals surface area contributed by atoms with E-state index in [1.54, 1.807) is 12.1 Å². The van der Waals surface area contributed by atoms with E-state index in [9.17, 15) is 4.79 Å². The van der Waals surface area contributed by atoms with E-state index in [1.165, 1.54) is 12.8 Å². The molecule has 1 saturated heterocycles. The van der Waals surface area contributed by atoms with Gasteiger partial charge < -0.3 is 10.2 Å². The summed E-state index contributed by atoms with van der Waals surface area (Å²) in [5.74, 6) is 1.37. The van der Waals surface area contributed by atoms with Crippen LogP contribution in [-0.4, -0.2) is 35.4 Å². The van der Waals surface area contributed by atoms with Crippen LogP contribution in [0.4, 0.5) is 5.82 Å². The maximum absolute atomic E-state index is 12.5. The molecule has 1 aliphatic heterocycles. The minimum Gasteiger partial charge on any atom is -0.370 e. The molecule has 0 bridgehead atoms. The summed E-state index contributed by atoms with van der Waals surface area (Å²) in [6.07, 6.45) is 3.49. The van der Waals surface area contributed by atoms with E-state index in [-0.39, 0.29) is 5.91 Å². The number of anilines is 1. The van der Waals surface area contributed by atoms with E-state index in [4.69, 9.17) is 11.6 Å². The summed E-state index contributed by atoms with van der Waals surface area (Å²) < 4.78 is 0. The molecule has 4 nitrogen and oxygen atoms in total. The van der Waals surface area contributed by atoms with Gasteiger partial charge in [0.25, 0.3) is 5.91 Å². The Bertz CT molecular complexity index is 478. The third kappa shape index (κ3) is 3.63. The van der Waals surface area contributed by atoms with Crippen molar-refractivity contribution < 1.29 is 4.79 Å². The van der Waals surface area contributed by atoms with E-state index >= 15 is 0 Å². The minimum atomic E-state index is 0.0621. The molecule has 0 spiro atoms. The van der Waals surface area contributed by atoms with Gasteiger partial charge in [-0.25, -0.2) is 4.98 Å². The maximum Gasteiger partial charge on any atom is 0.254 e. The zero-order chi connectivity index (χ0) is 14.5. The molecule has 110 valence electrons. The fraction of sp³-hybridized carbons (Fsp3) is 0.600. The lowest BCUT2D eigenvalue weighted by Gasteiger charge is -2.17. The highest BCUT2D eigenvalue weighted by molar-refractivity contribution is 6.29. The first-order chi connectivity index (χ1) is 9.63. The van der Waals surface area contributed by atoms with Crippen molar-refractivity contribution >= 4 is 23.3 Å². The molecule has 0 aromatic carbocycles. The van der Waals surface area contributed by atoms with Crippen LogP contribution in [0.15, 0.2) is 12.1 Å². The number of aromatic nitrogens is 1. The van der Waals surface area contributed by atoms with Gasteiger partial charge in [0.15, 0.2) is 0 Å². The summed E-state index contributed by atoms with van der Waals surface area (Å²) >= 11 is 5.99. The molecule has 0 saturated carbocycles. The molecule has 1 amide bonds. The standard InChI is InChI=1S/C15H22ClN3O/c1-3-5-11-6-7-19(10-11)15(20)12-8-13(16)18-14(9-12)17-4-2/h8-9,11H,3-7,10H2,1-2H3,(H,17,18). The molecule has 2 rings (SSSR count). The van der Waals surface area contributed by atoms with E-state index in [0.29, 0.717) is 22.5 Å². The summed E-state index contributed by atoms with van der Waals surface area (Å²) in [4.78, 5) is 18.6. The number of halogens is 1. The molecule has 20 heavy (non-hydrogen) atoms. The monoisotopic (exact) mass is 295 g/mol. The Balaban J connectivity index is 2.09. The van der Waals surface area contributed by atoms with E-state index in [0.717, 1.165) is 26.1 Å². The lowest BCUT2D eigenvalue weighted by Crippen LogP contribution is -2.28. The van der Waals surface area contributed by atoms with Gasteiger partial charge in [-0.1, -0.05) is 24.9 Å². The molecule has 5 heteroatoms. The van der Waals surface area contributed by atoms with Crippen LogP contribution in [0.5, 0.6) is 0 Å². The van der Waals surface area contributed by atoms with Crippen LogP contribution < -0.4 is 5.32 Å². The van der Waals surface area contributed by atoms with E-state index in [1.807, 2.05) is 11.8 Å². The summed E-state index contributed by atoms with van der Waals surface area (Å²) in [6.45, 7) is 6.64. The SMILES string of the molecule is CCCC1CCN(C(=O)c2cc(Cl)nc(NCC)c2)C1. The third-order valence-electron chi connectivity index (χ3n) is 3.67. The van der Waals surface area contributed by atoms with Gasteiger partial charge >= 0.3 is 0 Å². The highest BCUT2D eigenvalue weighted by atomic mass is 35.5. The summed E-state index contributed by atoms with van der Waals surface area (Å²) in [6, 6.07) is 3.43. The van der Waals surface area contributed by atoms with Crippen molar-refractivity contribution in [3.8, 4) is 0 Å². The molecule has 1 aromatic heterocycles. The van der Waals surface area contributed by atoms with Crippen molar-refractivity contribution in [3.05, 3.63) is 22.8 Å². The van der Waals surface area contributed by atoms with Crippen LogP contribution in [0.1, 0.15) is 43.5 Å². The molecule has 0 radical (unpaired) electrons. The van der Waals surface area contributed by atoms with Crippen molar-refractivity contribution in [2.24, 2.45) is 5.92 Å². The second-order valence-corrected chi connectivity index (χ2v) is 5.68. The zero-order valence-corrected chi connectivity index (χ0v) is 12.9. The zero-order valence-electron chi connectivity index (χ0n) is 12.2. The number of likely N-dealkylation sites (tertiary alicyclic amines) is 1. The van der Waals surface area contributed by atoms with Crippen molar-refractivity contribution in [2.45, 2.75) is 33.1 Å². The van der Waals surface area contributed by atoms with Gasteiger partial charge in [-0.05, 0) is 37.8 Å². The topological polar surface area (TPSA) is 45.2 Å². The number of carbonyl (C=O) groups is 1. The first kappa shape index (κ1) is 15.1. The number of rotatable bonds is 5. The Kier molecular flexibility index (Phi) is 5.24. The molecule has 1 unspecified atom stereocenters. The van der Waals surface area contributed by atoms with Gasteiger partial charge in [0.05, 0.1) is 0 Å². The van der Waals surface area contributed by atoms with E-state index < -0.39 is 0 Å². The number of pyridine rings is 1. The largest absolute Gasteiger partial charge is 0.370 e. The average Bonchev–Trinajstić information content (AvgIpc) is 2.86. The summed E-state index contributed by atoms with van der Waals surface area (Å²) in [5.41, 5.74) is 0.623. The Morgan fingerprint density at radius 1 is 1.50 bits per heavy atom. The summed E-state index contributed by atoms with van der Waals surface area (Å²) in [7, 11) is 0. The molecular formula is C15H22ClN3O. The first-order valence-electron chi connectivity index (χ1n) is 7.34. The van der Waals surface area contributed by atoms with Gasteiger partial charge in [-0.3, -0.25) is 4.79 Å². The Morgan fingerprint density at radius 3 is 3.00 bits per heavy atom. The molecule has 1 aromatic rings. The van der Waals surface area contributed by atoms with Gasteiger partial charge in [0.1, 0.15) is 11.0 Å². The fourth-order valence-corrected chi connectivity index (χ4v) is 2.94. The second kappa shape index (κ2) is 6.93. The smallest absolute Gasteiger partial charge is 0.254 e. The van der Waals surface area contributed by atoms with Crippen LogP contribution >= 0.6 is 11.6 Å². The number of hydrogen-bond acceptors (Lipinski definition) is 3. The highest BCUT2D eigenvalue weighted by Gasteiger charge is 2.26. The van der Waals surface area contributed by atoms with Crippen molar-refractivity contribution in [3.63, 3.8) is 0 Å². The number of nitrogens with one attached hydrogen (secondary N) is 1. The molecule has 1 aliphatic rings. The highest BCUT2D eigenvalue weighted by Crippen LogP contribution is 2.24. The molecule has 1 N–H and O–H groups in total. The van der Waals surface area contributed by atoms with Crippen molar-refractivity contribution in [1.82, 2.24) is 9.88 Å². The molecular weight excluding hydrogens is 274 g/mol. The van der Waals surface area contributed by atoms with Crippen LogP contribution in [0, 0.1) is 5.92 Å². The van der Waals surface area contributed by atoms with Crippen LogP contribution in [0.25, 0.3) is 0 Å². The third-order valence-corrected chi connectivity index (χ3v) is 3.86. The minimum absolute atomic E-state index is 0.0621. The number of amides is 1. The summed E-state index contributed by atoms with van der Waals surface area (Å²) in [5, 5.41) is 3.45. The normalized spacial score (nSPS) is 18.4. The molecule has 0 aliphatic carbocycles. The fourth-order valence-electron chi connectivity index (χ4n) is 2.74. The van der Waals surface area contributed by atoms with E-state index in [2.05, 4.69) is 17.2 Å². The maximum atomic E-state index is 12.5. The van der Waals surface area contributed by atoms with Crippen molar-refractivity contribution in [1.29, 1.82) is 0 Å². The lowest BCUT2D eigenvalue weighted by atomic mass is 10.0. The van der Waals surface area contributed by atoms with Gasteiger partial charge in [-0.15, -0.1) is 0 Å². The number of carbonyl (C=O) groups excluding carboxylic acids is 1. The average molecular weight is 296 g/mol. The van der Waals surface area contributed by atoms with Crippen LogP contribution in [0.3, 0.4) is 0 Å². The van der Waals surface area contributed by atoms with Gasteiger partial charge in [0.2, 0.25) is 0 Å². The number of hydrogen-bond donors (Lipinski definition) is 1. The van der Waals surface area contributed by atoms with Crippen LogP contribution in [0.2, 0.25) is 5.15 Å².